The number of nitrogens with zero attached hydrogens (tertiary/aromatic N) is 5. The molecule has 2 amide bonds. The third-order valence-corrected chi connectivity index (χ3v) is 5.44. The summed E-state index contributed by atoms with van der Waals surface area (Å²) < 4.78 is 13.5. The summed E-state index contributed by atoms with van der Waals surface area (Å²) >= 11 is 0. The predicted molar refractivity (Wildman–Crippen MR) is 149 cm³/mol. The third kappa shape index (κ3) is 11.2. The topological polar surface area (TPSA) is 126 Å². The molecule has 0 radical (unpaired) electrons. The minimum atomic E-state index is -0.605. The number of carbonyl (C=O) groups excluding carboxylic acids is 2. The molecule has 0 fully saturated rings. The number of nitriles is 1. The van der Waals surface area contributed by atoms with Crippen molar-refractivity contribution in [1.29, 1.82) is 5.26 Å². The first kappa shape index (κ1) is 30.7. The fourth-order valence-electron chi connectivity index (χ4n) is 3.14. The van der Waals surface area contributed by atoms with Gasteiger partial charge in [0.25, 0.3) is 0 Å². The second-order valence-corrected chi connectivity index (χ2v) is 8.91. The molecule has 10 nitrogen and oxygen atoms in total. The number of benzene rings is 1. The van der Waals surface area contributed by atoms with Crippen LogP contribution >= 0.6 is 0 Å². The molecule has 3 N–H and O–H groups in total. The largest absolute Gasteiger partial charge is 0.368 e. The van der Waals surface area contributed by atoms with Crippen LogP contribution in [-0.2, 0) is 9.59 Å². The number of hydrogen-bond donors (Lipinski definition) is 3. The van der Waals surface area contributed by atoms with Gasteiger partial charge < -0.3 is 25.8 Å². The molecule has 0 aliphatic heterocycles. The number of halogens is 1. The number of aromatic nitrogens is 2. The maximum atomic E-state index is 13.5. The summed E-state index contributed by atoms with van der Waals surface area (Å²) in [4.78, 5) is 36.7. The summed E-state index contributed by atoms with van der Waals surface area (Å²) in [7, 11) is 5.41. The van der Waals surface area contributed by atoms with E-state index in [1.165, 1.54) is 23.1 Å². The van der Waals surface area contributed by atoms with E-state index in [1.807, 2.05) is 19.0 Å². The van der Waals surface area contributed by atoms with E-state index < -0.39 is 6.04 Å². The Balaban J connectivity index is 1.90. The number of nitrogens with one attached hydrogen (secondary N) is 3. The SMILES string of the molecule is C[C@@H](C(=O)NCCCC#Cc1cnc(Nc2cccc(F)c2)nc1NCCC#N)N(C)C(=O)/C=C/CN(C)C. The average Bonchev–Trinajstić information content (AvgIpc) is 2.90. The van der Waals surface area contributed by atoms with Crippen molar-refractivity contribution < 1.29 is 14.0 Å². The molecule has 1 atom stereocenters. The lowest BCUT2D eigenvalue weighted by molar-refractivity contribution is -0.135. The highest BCUT2D eigenvalue weighted by Gasteiger charge is 2.20. The van der Waals surface area contributed by atoms with Crippen molar-refractivity contribution in [3.8, 4) is 17.9 Å². The van der Waals surface area contributed by atoms with Gasteiger partial charge in [-0.2, -0.15) is 10.2 Å². The lowest BCUT2D eigenvalue weighted by atomic mass is 10.2. The zero-order chi connectivity index (χ0) is 28.6. The summed E-state index contributed by atoms with van der Waals surface area (Å²) in [5.74, 6) is 5.95. The summed E-state index contributed by atoms with van der Waals surface area (Å²) in [6.45, 7) is 3.12. The van der Waals surface area contributed by atoms with Gasteiger partial charge in [0.05, 0.1) is 24.3 Å². The molecule has 0 spiro atoms. The van der Waals surface area contributed by atoms with E-state index in [-0.39, 0.29) is 30.0 Å². The monoisotopic (exact) mass is 534 g/mol. The van der Waals surface area contributed by atoms with Crippen LogP contribution in [0.5, 0.6) is 0 Å². The zero-order valence-corrected chi connectivity index (χ0v) is 22.8. The van der Waals surface area contributed by atoms with Gasteiger partial charge in [-0.3, -0.25) is 9.59 Å². The van der Waals surface area contributed by atoms with Gasteiger partial charge in [0.15, 0.2) is 0 Å². The molecule has 2 aromatic rings. The van der Waals surface area contributed by atoms with Crippen LogP contribution < -0.4 is 16.0 Å². The molecular weight excluding hydrogens is 499 g/mol. The predicted octanol–water partition coefficient (Wildman–Crippen LogP) is 2.90. The van der Waals surface area contributed by atoms with Crippen molar-refractivity contribution in [1.82, 2.24) is 25.1 Å². The standard InChI is InChI=1S/C28H35FN8O2/c1-21(37(4)25(38)14-9-18-36(2)3)27(39)32-16-7-5-6-11-22-20-33-28(35-26(22)31-17-10-15-30)34-24-13-8-12-23(29)19-24/h8-9,12-14,19-21H,5,7,10,16-18H2,1-4H3,(H,32,39)(H2,31,33,34,35)/b14-9+/t21-/m0/s1. The Morgan fingerprint density at radius 1 is 1.21 bits per heavy atom. The fraction of sp³-hybridized carbons (Fsp3) is 0.393. The molecule has 0 saturated heterocycles. The third-order valence-electron chi connectivity index (χ3n) is 5.44. The summed E-state index contributed by atoms with van der Waals surface area (Å²) in [6, 6.07) is 7.41. The molecule has 206 valence electrons. The van der Waals surface area contributed by atoms with Gasteiger partial charge in [0.2, 0.25) is 17.8 Å². The van der Waals surface area contributed by atoms with Gasteiger partial charge in [0, 0.05) is 44.9 Å². The van der Waals surface area contributed by atoms with Gasteiger partial charge in [-0.15, -0.1) is 0 Å². The lowest BCUT2D eigenvalue weighted by Crippen LogP contribution is -2.45. The van der Waals surface area contributed by atoms with Gasteiger partial charge in [-0.1, -0.05) is 24.0 Å². The van der Waals surface area contributed by atoms with Crippen molar-refractivity contribution in [2.45, 2.75) is 32.2 Å². The molecule has 0 bridgehead atoms. The lowest BCUT2D eigenvalue weighted by Gasteiger charge is -2.23. The summed E-state index contributed by atoms with van der Waals surface area (Å²) in [5.41, 5.74) is 1.06. The molecule has 0 unspecified atom stereocenters. The Hall–Kier alpha value is -4.48. The minimum absolute atomic E-state index is 0.232. The second kappa shape index (κ2) is 16.4. The van der Waals surface area contributed by atoms with Gasteiger partial charge in [0.1, 0.15) is 17.7 Å². The van der Waals surface area contributed by atoms with Crippen molar-refractivity contribution in [2.75, 3.05) is 51.4 Å². The number of carbonyl (C=O) groups is 2. The number of hydrogen-bond acceptors (Lipinski definition) is 8. The second-order valence-electron chi connectivity index (χ2n) is 8.91. The van der Waals surface area contributed by atoms with Gasteiger partial charge in [-0.05, 0) is 45.6 Å². The molecule has 2 rings (SSSR count). The Morgan fingerprint density at radius 3 is 2.72 bits per heavy atom. The maximum Gasteiger partial charge on any atom is 0.246 e. The molecule has 0 aliphatic carbocycles. The molecule has 39 heavy (non-hydrogen) atoms. The van der Waals surface area contributed by atoms with E-state index in [0.29, 0.717) is 49.5 Å². The smallest absolute Gasteiger partial charge is 0.246 e. The van der Waals surface area contributed by atoms with E-state index in [9.17, 15) is 14.0 Å². The van der Waals surface area contributed by atoms with E-state index in [4.69, 9.17) is 5.26 Å². The molecule has 0 saturated carbocycles. The van der Waals surface area contributed by atoms with Gasteiger partial charge in [-0.25, -0.2) is 9.37 Å². The van der Waals surface area contributed by atoms with Crippen molar-refractivity contribution >= 4 is 29.3 Å². The van der Waals surface area contributed by atoms with E-state index in [1.54, 1.807) is 38.4 Å². The van der Waals surface area contributed by atoms with Gasteiger partial charge >= 0.3 is 0 Å². The van der Waals surface area contributed by atoms with E-state index in [0.717, 1.165) is 0 Å². The van der Waals surface area contributed by atoms with Crippen LogP contribution in [0.2, 0.25) is 0 Å². The van der Waals surface area contributed by atoms with Crippen LogP contribution in [0.15, 0.2) is 42.6 Å². The first-order valence-corrected chi connectivity index (χ1v) is 12.6. The maximum absolute atomic E-state index is 13.5. The molecular formula is C28H35FN8O2. The highest BCUT2D eigenvalue weighted by molar-refractivity contribution is 5.92. The van der Waals surface area contributed by atoms with Crippen LogP contribution in [-0.4, -0.2) is 78.4 Å². The van der Waals surface area contributed by atoms with Crippen LogP contribution in [0.1, 0.15) is 31.7 Å². The Morgan fingerprint density at radius 2 is 2.00 bits per heavy atom. The van der Waals surface area contributed by atoms with Crippen molar-refractivity contribution in [3.63, 3.8) is 0 Å². The highest BCUT2D eigenvalue weighted by atomic mass is 19.1. The number of rotatable bonds is 13. The molecule has 11 heteroatoms. The normalized spacial score (nSPS) is 11.3. The van der Waals surface area contributed by atoms with Crippen LogP contribution in [0.4, 0.5) is 21.8 Å². The summed E-state index contributed by atoms with van der Waals surface area (Å²) in [5, 5.41) is 17.7. The molecule has 1 aromatic heterocycles. The zero-order valence-electron chi connectivity index (χ0n) is 22.8. The fourth-order valence-corrected chi connectivity index (χ4v) is 3.14. The molecule has 1 heterocycles. The highest BCUT2D eigenvalue weighted by Crippen LogP contribution is 2.18. The van der Waals surface area contributed by atoms with Crippen molar-refractivity contribution in [3.05, 3.63) is 54.0 Å². The number of likely N-dealkylation sites (N-methyl/N-ethyl adjacent to an activating group) is 2. The first-order chi connectivity index (χ1) is 18.7. The quantitative estimate of drug-likeness (QED) is 0.203. The number of amides is 2. The Labute approximate surface area is 229 Å². The van der Waals surface area contributed by atoms with Crippen LogP contribution in [0.25, 0.3) is 0 Å². The Kier molecular flexibility index (Phi) is 12.9. The van der Waals surface area contributed by atoms with Crippen LogP contribution in [0.3, 0.4) is 0 Å². The minimum Gasteiger partial charge on any atom is -0.368 e. The first-order valence-electron chi connectivity index (χ1n) is 12.6. The summed E-state index contributed by atoms with van der Waals surface area (Å²) in [6.07, 6.45) is 6.19. The number of unbranched alkanes of at least 4 members (excludes halogenated alkanes) is 1. The molecule has 0 aliphatic rings. The van der Waals surface area contributed by atoms with E-state index >= 15 is 0 Å². The number of anilines is 3. The average molecular weight is 535 g/mol. The molecule has 1 aromatic carbocycles. The van der Waals surface area contributed by atoms with Crippen LogP contribution in [0, 0.1) is 29.0 Å². The Bertz CT molecular complexity index is 1250. The van der Waals surface area contributed by atoms with E-state index in [2.05, 4.69) is 43.8 Å². The van der Waals surface area contributed by atoms with Crippen molar-refractivity contribution in [2.24, 2.45) is 0 Å².